The first-order valence-electron chi connectivity index (χ1n) is 9.23. The Labute approximate surface area is 173 Å². The molecule has 0 atom stereocenters. The van der Waals surface area contributed by atoms with E-state index in [2.05, 4.69) is 92.4 Å². The molecule has 0 spiro atoms. The summed E-state index contributed by atoms with van der Waals surface area (Å²) in [6.07, 6.45) is 0. The fraction of sp³-hybridized carbons (Fsp3) is 1.00. The fourth-order valence-electron chi connectivity index (χ4n) is 4.23. The molecule has 0 nitrogen and oxygen atoms in total. The van der Waals surface area contributed by atoms with Gasteiger partial charge in [0.05, 0.1) is 0 Å². The molecule has 0 unspecified atom stereocenters. The third kappa shape index (κ3) is 9.29. The number of hydrogen-bond donors (Lipinski definition) is 0. The Kier molecular flexibility index (Phi) is 9.11. The Bertz CT molecular complexity index is 317. The molecule has 4 radical (unpaired) electrons. The molecule has 0 amide bonds. The summed E-state index contributed by atoms with van der Waals surface area (Å²) in [4.78, 5) is 0. The minimum atomic E-state index is -0.988. The first-order valence-corrected chi connectivity index (χ1v) is 29.7. The topological polar surface area (TPSA) is 0 Å². The second-order valence-corrected chi connectivity index (χ2v) is 57.4. The molecule has 0 fully saturated rings. The van der Waals surface area contributed by atoms with Crippen molar-refractivity contribution in [1.29, 1.82) is 0 Å². The monoisotopic (exact) mass is 600 g/mol. The van der Waals surface area contributed by atoms with Crippen LogP contribution in [0.1, 0.15) is 13.8 Å². The zero-order valence-electron chi connectivity index (χ0n) is 18.7. The minimum absolute atomic E-state index is 0.311. The van der Waals surface area contributed by atoms with Gasteiger partial charge in [-0.05, 0) is 0 Å². The van der Waals surface area contributed by atoms with E-state index in [0.29, 0.717) is 0 Å². The average Bonchev–Trinajstić information content (AvgIpc) is 2.16. The molecule has 0 aromatic carbocycles. The van der Waals surface area contributed by atoms with Crippen LogP contribution < -0.4 is 0 Å². The second-order valence-electron chi connectivity index (χ2n) is 12.2. The summed E-state index contributed by atoms with van der Waals surface area (Å²) in [5, 5.41) is 0. The van der Waals surface area contributed by atoms with Crippen molar-refractivity contribution in [3.05, 3.63) is 0 Å². The van der Waals surface area contributed by atoms with Crippen molar-refractivity contribution in [2.45, 2.75) is 100 Å². The van der Waals surface area contributed by atoms with Crippen LogP contribution in [0.2, 0.25) is 86.4 Å². The SMILES string of the molecule is C[C](C)([Sn][CH]([Si](C)(C)C)[Si](C)(C)C)[Sn][CH]([Si](C)(C)C)[Si](C)(C)C. The molecule has 0 bridgehead atoms. The standard InChI is InChI=1S/2C7H19Si2.C3H6.2Sn/c2*1-8(2,3)7-9(4,5)6;1-3-2;;/h2*7H,1-6H3;1-2H3;;. The summed E-state index contributed by atoms with van der Waals surface area (Å²) in [5.74, 6) is 0. The van der Waals surface area contributed by atoms with E-state index in [0.717, 1.165) is 1.45 Å². The van der Waals surface area contributed by atoms with Crippen LogP contribution in [-0.4, -0.2) is 74.6 Å². The summed E-state index contributed by atoms with van der Waals surface area (Å²) in [7, 11) is -3.95. The van der Waals surface area contributed by atoms with Crippen LogP contribution in [0.25, 0.3) is 0 Å². The number of rotatable bonds is 8. The Balaban J connectivity index is 5.47. The summed E-state index contributed by atoms with van der Waals surface area (Å²) >= 11 is -0.623. The van der Waals surface area contributed by atoms with Gasteiger partial charge in [0.2, 0.25) is 0 Å². The fourth-order valence-corrected chi connectivity index (χ4v) is 73.8. The zero-order chi connectivity index (χ0) is 19.1. The van der Waals surface area contributed by atoms with Gasteiger partial charge >= 0.3 is 175 Å². The molecule has 0 saturated carbocycles. The van der Waals surface area contributed by atoms with E-state index < -0.39 is 32.3 Å². The molecule has 0 N–H and O–H groups in total. The van der Waals surface area contributed by atoms with Crippen molar-refractivity contribution in [2.24, 2.45) is 0 Å². The van der Waals surface area contributed by atoms with E-state index in [9.17, 15) is 0 Å². The Morgan fingerprint density at radius 1 is 0.478 bits per heavy atom. The van der Waals surface area contributed by atoms with Gasteiger partial charge in [-0.2, -0.15) is 0 Å². The van der Waals surface area contributed by atoms with Gasteiger partial charge in [0.1, 0.15) is 0 Å². The molecule has 0 saturated heterocycles. The van der Waals surface area contributed by atoms with Gasteiger partial charge in [-0.25, -0.2) is 0 Å². The van der Waals surface area contributed by atoms with Gasteiger partial charge in [-0.3, -0.25) is 0 Å². The van der Waals surface area contributed by atoms with E-state index in [-0.39, 0.29) is 42.3 Å². The Hall–Kier alpha value is 2.46. The van der Waals surface area contributed by atoms with Crippen LogP contribution in [0, 0.1) is 0 Å². The molecule has 6 heteroatoms. The first kappa shape index (κ1) is 25.5. The maximum atomic E-state index is 2.74. The Morgan fingerprint density at radius 3 is 0.783 bits per heavy atom. The van der Waals surface area contributed by atoms with Crippen molar-refractivity contribution in [3.63, 3.8) is 0 Å². The molecule has 0 aliphatic carbocycles. The van der Waals surface area contributed by atoms with E-state index in [1.165, 1.54) is 6.36 Å². The van der Waals surface area contributed by atoms with Gasteiger partial charge in [0, 0.05) is 0 Å². The molecule has 23 heavy (non-hydrogen) atoms. The van der Waals surface area contributed by atoms with Crippen molar-refractivity contribution in [3.8, 4) is 0 Å². The molecule has 0 aliphatic heterocycles. The van der Waals surface area contributed by atoms with Crippen molar-refractivity contribution in [1.82, 2.24) is 0 Å². The summed E-state index contributed by atoms with van der Waals surface area (Å²) in [5.41, 5.74) is 0. The second kappa shape index (κ2) is 8.23. The van der Waals surface area contributed by atoms with Crippen LogP contribution in [0.4, 0.5) is 0 Å². The van der Waals surface area contributed by atoms with Crippen LogP contribution in [0.5, 0.6) is 0 Å². The van der Waals surface area contributed by atoms with Crippen molar-refractivity contribution < 1.29 is 0 Å². The van der Waals surface area contributed by atoms with Crippen LogP contribution >= 0.6 is 0 Å². The third-order valence-corrected chi connectivity index (χ3v) is 66.6. The van der Waals surface area contributed by atoms with Crippen LogP contribution in [0.15, 0.2) is 0 Å². The molecule has 136 valence electrons. The molecular weight excluding hydrogens is 554 g/mol. The van der Waals surface area contributed by atoms with E-state index in [1.54, 1.807) is 0 Å². The zero-order valence-corrected chi connectivity index (χ0v) is 28.4. The van der Waals surface area contributed by atoms with Gasteiger partial charge in [0.15, 0.2) is 0 Å². The Morgan fingerprint density at radius 2 is 0.652 bits per heavy atom. The van der Waals surface area contributed by atoms with Gasteiger partial charge < -0.3 is 0 Å². The molecular formula is C17H44Si4Sn2. The molecule has 0 rings (SSSR count). The average molecular weight is 598 g/mol. The van der Waals surface area contributed by atoms with E-state index >= 15 is 0 Å². The first-order chi connectivity index (χ1) is 9.68. The predicted molar refractivity (Wildman–Crippen MR) is 126 cm³/mol. The molecule has 0 aromatic rings. The van der Waals surface area contributed by atoms with Gasteiger partial charge in [-0.1, -0.05) is 0 Å². The van der Waals surface area contributed by atoms with E-state index in [4.69, 9.17) is 0 Å². The maximum absolute atomic E-state index is 2.74. The summed E-state index contributed by atoms with van der Waals surface area (Å²) < 4.78 is 3.35. The van der Waals surface area contributed by atoms with Crippen molar-refractivity contribution in [2.75, 3.05) is 0 Å². The van der Waals surface area contributed by atoms with Crippen LogP contribution in [0.3, 0.4) is 0 Å². The molecule has 0 heterocycles. The van der Waals surface area contributed by atoms with Crippen LogP contribution in [-0.2, 0) is 0 Å². The van der Waals surface area contributed by atoms with Gasteiger partial charge in [-0.15, -0.1) is 0 Å². The quantitative estimate of drug-likeness (QED) is 0.275. The normalized spacial score (nSPS) is 15.7. The molecule has 0 aromatic heterocycles. The van der Waals surface area contributed by atoms with Crippen molar-refractivity contribution >= 4 is 74.6 Å². The van der Waals surface area contributed by atoms with E-state index in [1.807, 2.05) is 0 Å². The summed E-state index contributed by atoms with van der Waals surface area (Å²) in [6.45, 7) is 37.6. The van der Waals surface area contributed by atoms with Gasteiger partial charge in [0.25, 0.3) is 0 Å². The number of hydrogen-bond acceptors (Lipinski definition) is 0. The summed E-state index contributed by atoms with van der Waals surface area (Å²) in [6, 6.07) is 0. The third-order valence-electron chi connectivity index (χ3n) is 4.47. The molecule has 0 aliphatic rings. The predicted octanol–water partition coefficient (Wildman–Crippen LogP) is 6.64.